The molecule has 0 aliphatic rings. The average molecular weight is 517 g/mol. The number of pyridine rings is 1. The van der Waals surface area contributed by atoms with Crippen LogP contribution >= 0.6 is 0 Å². The van der Waals surface area contributed by atoms with Crippen molar-refractivity contribution in [2.75, 3.05) is 14.2 Å². The molecule has 0 aliphatic heterocycles. The molecule has 0 saturated carbocycles. The first-order valence-electron chi connectivity index (χ1n) is 11.8. The van der Waals surface area contributed by atoms with E-state index in [0.29, 0.717) is 17.9 Å². The van der Waals surface area contributed by atoms with Crippen LogP contribution in [-0.4, -0.2) is 41.8 Å². The molecule has 1 unspecified atom stereocenters. The van der Waals surface area contributed by atoms with Crippen molar-refractivity contribution in [3.8, 4) is 5.75 Å². The molecule has 2 aromatic carbocycles. The van der Waals surface area contributed by atoms with E-state index < -0.39 is 15.6 Å². The number of sulfonamides is 1. The number of aromatic nitrogens is 3. The van der Waals surface area contributed by atoms with E-state index in [-0.39, 0.29) is 4.90 Å². The summed E-state index contributed by atoms with van der Waals surface area (Å²) >= 11 is 0. The summed E-state index contributed by atoms with van der Waals surface area (Å²) in [7, 11) is -0.738. The van der Waals surface area contributed by atoms with E-state index in [9.17, 15) is 8.42 Å². The SMILES string of the molecule is COc1ccc(C(C)(c2ccco2)N(C)S(=O)(=O)c2ccc(Cc3nccc4[nH]c(C)nc34)cc2)cc1. The van der Waals surface area contributed by atoms with E-state index in [1.807, 2.05) is 44.2 Å². The Morgan fingerprint density at radius 3 is 2.43 bits per heavy atom. The highest BCUT2D eigenvalue weighted by Gasteiger charge is 2.43. The zero-order chi connectivity index (χ0) is 26.2. The molecule has 0 fully saturated rings. The molecule has 5 rings (SSSR count). The van der Waals surface area contributed by atoms with Crippen molar-refractivity contribution in [1.82, 2.24) is 19.3 Å². The molecule has 5 aromatic rings. The van der Waals surface area contributed by atoms with E-state index in [0.717, 1.165) is 33.7 Å². The van der Waals surface area contributed by atoms with Crippen LogP contribution in [-0.2, 0) is 22.0 Å². The van der Waals surface area contributed by atoms with Crippen LogP contribution in [0.1, 0.15) is 35.3 Å². The molecule has 1 atom stereocenters. The second-order valence-corrected chi connectivity index (χ2v) is 11.0. The van der Waals surface area contributed by atoms with Gasteiger partial charge in [-0.25, -0.2) is 13.4 Å². The van der Waals surface area contributed by atoms with Crippen LogP contribution in [0.4, 0.5) is 0 Å². The van der Waals surface area contributed by atoms with Gasteiger partial charge in [-0.3, -0.25) is 4.98 Å². The average Bonchev–Trinajstić information content (AvgIpc) is 3.58. The fourth-order valence-corrected chi connectivity index (χ4v) is 6.04. The highest BCUT2D eigenvalue weighted by molar-refractivity contribution is 7.89. The van der Waals surface area contributed by atoms with Gasteiger partial charge < -0.3 is 14.1 Å². The number of fused-ring (bicyclic) bond motifs is 1. The van der Waals surface area contributed by atoms with Crippen molar-refractivity contribution in [3.05, 3.63) is 108 Å². The first-order chi connectivity index (χ1) is 17.7. The Morgan fingerprint density at radius 1 is 1.05 bits per heavy atom. The number of aryl methyl sites for hydroxylation is 1. The zero-order valence-electron chi connectivity index (χ0n) is 21.1. The molecule has 0 amide bonds. The van der Waals surface area contributed by atoms with Crippen LogP contribution in [0.25, 0.3) is 11.0 Å². The van der Waals surface area contributed by atoms with Gasteiger partial charge in [-0.1, -0.05) is 24.3 Å². The number of hydrogen-bond acceptors (Lipinski definition) is 6. The van der Waals surface area contributed by atoms with Crippen LogP contribution in [0.5, 0.6) is 5.75 Å². The molecule has 0 spiro atoms. The van der Waals surface area contributed by atoms with Gasteiger partial charge in [0, 0.05) is 19.7 Å². The number of aromatic amines is 1. The predicted molar refractivity (Wildman–Crippen MR) is 141 cm³/mol. The largest absolute Gasteiger partial charge is 0.497 e. The molecular formula is C28H28N4O4S. The van der Waals surface area contributed by atoms with E-state index in [4.69, 9.17) is 9.15 Å². The monoisotopic (exact) mass is 516 g/mol. The number of furan rings is 1. The minimum absolute atomic E-state index is 0.187. The Hall–Kier alpha value is -3.95. The lowest BCUT2D eigenvalue weighted by molar-refractivity contribution is 0.248. The lowest BCUT2D eigenvalue weighted by Gasteiger charge is -2.37. The van der Waals surface area contributed by atoms with E-state index >= 15 is 0 Å². The molecule has 0 radical (unpaired) electrons. The van der Waals surface area contributed by atoms with Crippen LogP contribution < -0.4 is 4.74 Å². The standard InChI is InChI=1S/C28H28N4O4S/c1-19-30-24-15-16-29-25(27(24)31-19)18-20-7-13-23(14-8-20)37(33,34)32(3)28(2,26-6-5-17-36-26)21-9-11-22(35-4)12-10-21/h5-17H,18H2,1-4H3,(H,30,31). The van der Waals surface area contributed by atoms with Crippen LogP contribution in [0.3, 0.4) is 0 Å². The van der Waals surface area contributed by atoms with Gasteiger partial charge in [0.05, 0.1) is 29.5 Å². The van der Waals surface area contributed by atoms with Crippen molar-refractivity contribution in [2.45, 2.75) is 30.7 Å². The van der Waals surface area contributed by atoms with Crippen molar-refractivity contribution >= 4 is 21.1 Å². The van der Waals surface area contributed by atoms with E-state index in [1.54, 1.807) is 63.0 Å². The van der Waals surface area contributed by atoms with Crippen molar-refractivity contribution in [1.29, 1.82) is 0 Å². The number of ether oxygens (including phenoxy) is 1. The molecule has 37 heavy (non-hydrogen) atoms. The number of H-pyrrole nitrogens is 1. The Bertz CT molecular complexity index is 1630. The first kappa shape index (κ1) is 24.7. The highest BCUT2D eigenvalue weighted by atomic mass is 32.2. The van der Waals surface area contributed by atoms with Crippen molar-refractivity contribution in [2.24, 2.45) is 0 Å². The highest BCUT2D eigenvalue weighted by Crippen LogP contribution is 2.39. The third-order valence-corrected chi connectivity index (χ3v) is 8.79. The Morgan fingerprint density at radius 2 is 1.78 bits per heavy atom. The zero-order valence-corrected chi connectivity index (χ0v) is 21.9. The fourth-order valence-electron chi connectivity index (χ4n) is 4.56. The summed E-state index contributed by atoms with van der Waals surface area (Å²) < 4.78 is 40.1. The smallest absolute Gasteiger partial charge is 0.244 e. The third kappa shape index (κ3) is 4.41. The second-order valence-electron chi connectivity index (χ2n) is 9.05. The van der Waals surface area contributed by atoms with Crippen molar-refractivity contribution < 1.29 is 17.6 Å². The topological polar surface area (TPSA) is 101 Å². The van der Waals surface area contributed by atoms with Gasteiger partial charge in [0.1, 0.15) is 28.4 Å². The molecule has 0 aliphatic carbocycles. The summed E-state index contributed by atoms with van der Waals surface area (Å²) in [5, 5.41) is 0. The van der Waals surface area contributed by atoms with Gasteiger partial charge in [-0.2, -0.15) is 4.31 Å². The quantitative estimate of drug-likeness (QED) is 0.310. The Balaban J connectivity index is 1.47. The van der Waals surface area contributed by atoms with Crippen LogP contribution in [0.2, 0.25) is 0 Å². The number of nitrogens with zero attached hydrogens (tertiary/aromatic N) is 3. The molecule has 8 nitrogen and oxygen atoms in total. The minimum atomic E-state index is -3.90. The summed E-state index contributed by atoms with van der Waals surface area (Å²) in [4.78, 5) is 12.4. The van der Waals surface area contributed by atoms with Gasteiger partial charge in [0.25, 0.3) is 0 Å². The summed E-state index contributed by atoms with van der Waals surface area (Å²) in [5.74, 6) is 2.01. The first-order valence-corrected chi connectivity index (χ1v) is 13.2. The number of hydrogen-bond donors (Lipinski definition) is 1. The molecule has 0 bridgehead atoms. The van der Waals surface area contributed by atoms with Gasteiger partial charge in [0.2, 0.25) is 10.0 Å². The second kappa shape index (κ2) is 9.49. The van der Waals surface area contributed by atoms with E-state index in [1.165, 1.54) is 4.31 Å². The molecule has 3 aromatic heterocycles. The van der Waals surface area contributed by atoms with Crippen LogP contribution in [0.15, 0.2) is 88.5 Å². The maximum atomic E-state index is 13.9. The molecule has 3 heterocycles. The van der Waals surface area contributed by atoms with Crippen LogP contribution in [0, 0.1) is 6.92 Å². The molecule has 190 valence electrons. The number of imidazole rings is 1. The lowest BCUT2D eigenvalue weighted by Crippen LogP contribution is -2.45. The number of rotatable bonds is 8. The number of methoxy groups -OCH3 is 1. The number of benzene rings is 2. The molecule has 9 heteroatoms. The maximum absolute atomic E-state index is 13.9. The van der Waals surface area contributed by atoms with Gasteiger partial charge >= 0.3 is 0 Å². The third-order valence-electron chi connectivity index (χ3n) is 6.83. The van der Waals surface area contributed by atoms with Gasteiger partial charge in [-0.05, 0) is 67.4 Å². The number of nitrogens with one attached hydrogen (secondary N) is 1. The van der Waals surface area contributed by atoms with Crippen molar-refractivity contribution in [3.63, 3.8) is 0 Å². The fraction of sp³-hybridized carbons (Fsp3) is 0.214. The van der Waals surface area contributed by atoms with Gasteiger partial charge in [-0.15, -0.1) is 0 Å². The summed E-state index contributed by atoms with van der Waals surface area (Å²) in [5.41, 5.74) is 3.18. The summed E-state index contributed by atoms with van der Waals surface area (Å²) in [6.07, 6.45) is 3.83. The minimum Gasteiger partial charge on any atom is -0.497 e. The Kier molecular flexibility index (Phi) is 6.35. The lowest BCUT2D eigenvalue weighted by atomic mass is 9.89. The predicted octanol–water partition coefficient (Wildman–Crippen LogP) is 5.04. The van der Waals surface area contributed by atoms with E-state index in [2.05, 4.69) is 15.0 Å². The summed E-state index contributed by atoms with van der Waals surface area (Å²) in [6, 6.07) is 19.6. The molecule has 1 N–H and O–H groups in total. The normalized spacial score (nSPS) is 13.6. The Labute approximate surface area is 216 Å². The molecular weight excluding hydrogens is 488 g/mol. The van der Waals surface area contributed by atoms with Gasteiger partial charge in [0.15, 0.2) is 0 Å². The maximum Gasteiger partial charge on any atom is 0.244 e. The summed E-state index contributed by atoms with van der Waals surface area (Å²) in [6.45, 7) is 3.74. The molecule has 0 saturated heterocycles.